The summed E-state index contributed by atoms with van der Waals surface area (Å²) in [7, 11) is 0. The number of aromatic nitrogens is 5. The lowest BCUT2D eigenvalue weighted by atomic mass is 10.1. The molecule has 0 atom stereocenters. The van der Waals surface area contributed by atoms with Crippen molar-refractivity contribution in [3.05, 3.63) is 60.9 Å². The summed E-state index contributed by atoms with van der Waals surface area (Å²) in [4.78, 5) is 8.89. The molecular weight excluding hydrogens is 262 g/mol. The van der Waals surface area contributed by atoms with Crippen LogP contribution in [0.5, 0.6) is 0 Å². The highest BCUT2D eigenvalue weighted by Crippen LogP contribution is 2.27. The summed E-state index contributed by atoms with van der Waals surface area (Å²) in [5.74, 6) is 0.953. The summed E-state index contributed by atoms with van der Waals surface area (Å²) in [5.41, 5.74) is 5.11. The Hall–Kier alpha value is -2.95. The molecule has 5 nitrogen and oxygen atoms in total. The molecule has 0 saturated heterocycles. The third-order valence-corrected chi connectivity index (χ3v) is 3.57. The number of nitrogens with one attached hydrogen (secondary N) is 1. The smallest absolute Gasteiger partial charge is 0.110 e. The van der Waals surface area contributed by atoms with Crippen LogP contribution in [0, 0.1) is 6.92 Å². The van der Waals surface area contributed by atoms with Crippen LogP contribution < -0.4 is 0 Å². The third kappa shape index (κ3) is 1.90. The average Bonchev–Trinajstić information content (AvgIpc) is 3.17. The van der Waals surface area contributed by atoms with Crippen LogP contribution in [0.25, 0.3) is 28.0 Å². The van der Waals surface area contributed by atoms with Gasteiger partial charge in [0.1, 0.15) is 5.82 Å². The molecule has 0 amide bonds. The van der Waals surface area contributed by atoms with Crippen LogP contribution in [0.3, 0.4) is 0 Å². The monoisotopic (exact) mass is 275 g/mol. The molecule has 4 aromatic rings. The fourth-order valence-electron chi connectivity index (χ4n) is 2.55. The lowest BCUT2D eigenvalue weighted by Crippen LogP contribution is -1.87. The number of hydrogen-bond donors (Lipinski definition) is 1. The topological polar surface area (TPSA) is 58.9 Å². The number of aromatic amines is 1. The molecule has 0 aliphatic heterocycles. The Bertz CT molecular complexity index is 905. The van der Waals surface area contributed by atoms with Gasteiger partial charge in [-0.2, -0.15) is 5.10 Å². The molecule has 4 rings (SSSR count). The van der Waals surface area contributed by atoms with Gasteiger partial charge in [0.15, 0.2) is 0 Å². The van der Waals surface area contributed by atoms with Gasteiger partial charge in [0.2, 0.25) is 0 Å². The van der Waals surface area contributed by atoms with Crippen LogP contribution in [-0.4, -0.2) is 24.6 Å². The molecule has 3 aromatic heterocycles. The highest BCUT2D eigenvalue weighted by molar-refractivity contribution is 5.79. The Balaban J connectivity index is 1.91. The van der Waals surface area contributed by atoms with Crippen molar-refractivity contribution in [1.29, 1.82) is 0 Å². The Morgan fingerprint density at radius 3 is 2.86 bits per heavy atom. The van der Waals surface area contributed by atoms with Crippen LogP contribution >= 0.6 is 0 Å². The zero-order valence-electron chi connectivity index (χ0n) is 11.5. The first-order valence-electron chi connectivity index (χ1n) is 6.72. The van der Waals surface area contributed by atoms with E-state index in [4.69, 9.17) is 0 Å². The second kappa shape index (κ2) is 4.56. The molecule has 0 unspecified atom stereocenters. The van der Waals surface area contributed by atoms with Gasteiger partial charge in [0.05, 0.1) is 23.1 Å². The molecule has 21 heavy (non-hydrogen) atoms. The first-order valence-corrected chi connectivity index (χ1v) is 6.72. The van der Waals surface area contributed by atoms with Crippen molar-refractivity contribution in [3.8, 4) is 22.5 Å². The Kier molecular flexibility index (Phi) is 2.57. The van der Waals surface area contributed by atoms with E-state index in [9.17, 15) is 0 Å². The van der Waals surface area contributed by atoms with Gasteiger partial charge in [-0.1, -0.05) is 18.2 Å². The van der Waals surface area contributed by atoms with E-state index in [1.807, 2.05) is 35.9 Å². The normalized spacial score (nSPS) is 11.1. The lowest BCUT2D eigenvalue weighted by Gasteiger charge is -2.02. The number of fused-ring (bicyclic) bond motifs is 1. The van der Waals surface area contributed by atoms with Crippen molar-refractivity contribution in [1.82, 2.24) is 24.6 Å². The van der Waals surface area contributed by atoms with Crippen LogP contribution in [0.4, 0.5) is 0 Å². The maximum Gasteiger partial charge on any atom is 0.110 e. The van der Waals surface area contributed by atoms with E-state index >= 15 is 0 Å². The molecule has 0 bridgehead atoms. The Morgan fingerprint density at radius 2 is 2.00 bits per heavy atom. The zero-order chi connectivity index (χ0) is 14.2. The molecule has 5 heteroatoms. The summed E-state index contributed by atoms with van der Waals surface area (Å²) in [6, 6.07) is 10.2. The van der Waals surface area contributed by atoms with Gasteiger partial charge in [-0.3, -0.25) is 10.1 Å². The van der Waals surface area contributed by atoms with E-state index in [1.54, 1.807) is 12.4 Å². The molecular formula is C16H13N5. The minimum absolute atomic E-state index is 0.946. The minimum Gasteiger partial charge on any atom is -0.300 e. The molecule has 0 spiro atoms. The van der Waals surface area contributed by atoms with Crippen molar-refractivity contribution in [2.45, 2.75) is 6.92 Å². The fourth-order valence-corrected chi connectivity index (χ4v) is 2.55. The van der Waals surface area contributed by atoms with E-state index in [0.29, 0.717) is 0 Å². The molecule has 1 aromatic carbocycles. The number of rotatable bonds is 2. The second-order valence-electron chi connectivity index (χ2n) is 4.89. The van der Waals surface area contributed by atoms with Crippen molar-refractivity contribution in [2.24, 2.45) is 0 Å². The number of hydrogen-bond acceptors (Lipinski definition) is 3. The second-order valence-corrected chi connectivity index (χ2v) is 4.89. The lowest BCUT2D eigenvalue weighted by molar-refractivity contribution is 1.03. The molecule has 1 N–H and O–H groups in total. The number of imidazole rings is 1. The molecule has 0 aliphatic rings. The number of aryl methyl sites for hydroxylation is 1. The van der Waals surface area contributed by atoms with E-state index < -0.39 is 0 Å². The number of benzene rings is 1. The van der Waals surface area contributed by atoms with Crippen LogP contribution in [0.15, 0.2) is 55.1 Å². The largest absolute Gasteiger partial charge is 0.300 e. The SMILES string of the molecule is Cc1nc(-c2cccc(-c3ccn[nH]3)c2)c2cnccn12. The quantitative estimate of drug-likeness (QED) is 0.611. The highest BCUT2D eigenvalue weighted by atomic mass is 15.1. The number of nitrogens with zero attached hydrogens (tertiary/aromatic N) is 4. The molecule has 0 saturated carbocycles. The summed E-state index contributed by atoms with van der Waals surface area (Å²) >= 11 is 0. The number of H-pyrrole nitrogens is 1. The zero-order valence-corrected chi connectivity index (χ0v) is 11.5. The summed E-state index contributed by atoms with van der Waals surface area (Å²) in [5, 5.41) is 6.99. The molecule has 0 fully saturated rings. The van der Waals surface area contributed by atoms with Gasteiger partial charge >= 0.3 is 0 Å². The van der Waals surface area contributed by atoms with Gasteiger partial charge in [0, 0.05) is 29.7 Å². The first kappa shape index (κ1) is 11.8. The van der Waals surface area contributed by atoms with E-state index in [0.717, 1.165) is 33.9 Å². The summed E-state index contributed by atoms with van der Waals surface area (Å²) in [6.45, 7) is 2.00. The summed E-state index contributed by atoms with van der Waals surface area (Å²) in [6.07, 6.45) is 7.30. The van der Waals surface area contributed by atoms with Gasteiger partial charge in [0.25, 0.3) is 0 Å². The van der Waals surface area contributed by atoms with Crippen LogP contribution in [0.2, 0.25) is 0 Å². The van der Waals surface area contributed by atoms with Gasteiger partial charge in [-0.15, -0.1) is 0 Å². The fraction of sp³-hybridized carbons (Fsp3) is 0.0625. The highest BCUT2D eigenvalue weighted by Gasteiger charge is 2.11. The van der Waals surface area contributed by atoms with E-state index in [2.05, 4.69) is 38.4 Å². The van der Waals surface area contributed by atoms with Gasteiger partial charge < -0.3 is 4.40 Å². The van der Waals surface area contributed by atoms with Crippen LogP contribution in [0.1, 0.15) is 5.82 Å². The molecule has 102 valence electrons. The van der Waals surface area contributed by atoms with Crippen molar-refractivity contribution < 1.29 is 0 Å². The molecule has 0 aliphatic carbocycles. The van der Waals surface area contributed by atoms with Crippen molar-refractivity contribution in [2.75, 3.05) is 0 Å². The van der Waals surface area contributed by atoms with Crippen molar-refractivity contribution in [3.63, 3.8) is 0 Å². The van der Waals surface area contributed by atoms with Crippen molar-refractivity contribution >= 4 is 5.52 Å². The maximum atomic E-state index is 4.68. The molecule has 0 radical (unpaired) electrons. The van der Waals surface area contributed by atoms with E-state index in [1.165, 1.54) is 0 Å². The summed E-state index contributed by atoms with van der Waals surface area (Å²) < 4.78 is 2.05. The maximum absolute atomic E-state index is 4.68. The van der Waals surface area contributed by atoms with Gasteiger partial charge in [-0.05, 0) is 19.1 Å². The predicted molar refractivity (Wildman–Crippen MR) is 80.7 cm³/mol. The Labute approximate surface area is 121 Å². The molecule has 3 heterocycles. The third-order valence-electron chi connectivity index (χ3n) is 3.57. The Morgan fingerprint density at radius 1 is 1.10 bits per heavy atom. The van der Waals surface area contributed by atoms with Gasteiger partial charge in [-0.25, -0.2) is 4.98 Å². The minimum atomic E-state index is 0.946. The average molecular weight is 275 g/mol. The first-order chi connectivity index (χ1) is 10.3. The standard InChI is InChI=1S/C16H13N5/c1-11-19-16(15-10-17-7-8-21(11)15)13-4-2-3-12(9-13)14-5-6-18-20-14/h2-10H,1H3,(H,18,20). The van der Waals surface area contributed by atoms with Crippen LogP contribution in [-0.2, 0) is 0 Å². The van der Waals surface area contributed by atoms with E-state index in [-0.39, 0.29) is 0 Å². The predicted octanol–water partition coefficient (Wildman–Crippen LogP) is 3.09.